The van der Waals surface area contributed by atoms with Crippen LogP contribution in [0.25, 0.3) is 0 Å². The van der Waals surface area contributed by atoms with Crippen LogP contribution < -0.4 is 5.32 Å². The first-order chi connectivity index (χ1) is 19.1. The Hall–Kier alpha value is -2.23. The maximum Gasteiger partial charge on any atom is 0.272 e. The fourth-order valence-corrected chi connectivity index (χ4v) is 4.85. The molecule has 40 heavy (non-hydrogen) atoms. The number of pyridine rings is 1. The number of rotatable bonds is 10. The molecule has 1 aromatic heterocycles. The van der Waals surface area contributed by atoms with Gasteiger partial charge in [0.05, 0.1) is 18.8 Å². The number of aromatic nitrogens is 1. The van der Waals surface area contributed by atoms with Crippen LogP contribution >= 0.6 is 34.8 Å². The number of alkyl halides is 3. The molecule has 0 saturated carbocycles. The summed E-state index contributed by atoms with van der Waals surface area (Å²) in [6.45, 7) is 3.93. The van der Waals surface area contributed by atoms with Gasteiger partial charge in [0, 0.05) is 49.4 Å². The number of nitrogens with zero attached hydrogens (tertiary/aromatic N) is 2. The highest BCUT2D eigenvalue weighted by Crippen LogP contribution is 2.41. The monoisotopic (exact) mass is 605 g/mol. The van der Waals surface area contributed by atoms with Gasteiger partial charge in [-0.3, -0.25) is 9.78 Å². The minimum Gasteiger partial charge on any atom is -0.392 e. The quantitative estimate of drug-likeness (QED) is 0.296. The van der Waals surface area contributed by atoms with Crippen molar-refractivity contribution in [2.75, 3.05) is 20.1 Å². The number of hydrogen-bond acceptors (Lipinski definition) is 6. The van der Waals surface area contributed by atoms with E-state index in [-0.39, 0.29) is 31.3 Å². The van der Waals surface area contributed by atoms with E-state index in [1.54, 1.807) is 0 Å². The van der Waals surface area contributed by atoms with E-state index < -0.39 is 16.0 Å². The van der Waals surface area contributed by atoms with Gasteiger partial charge in [-0.25, -0.2) is 0 Å². The number of nitrogens with one attached hydrogen (secondary N) is 1. The van der Waals surface area contributed by atoms with Crippen molar-refractivity contribution in [2.45, 2.75) is 48.8 Å². The van der Waals surface area contributed by atoms with E-state index in [0.29, 0.717) is 0 Å². The maximum absolute atomic E-state index is 11.9. The molecule has 2 heterocycles. The molecule has 214 valence electrons. The number of carbonyl (C=O) groups excluding carboxylic acids is 1. The highest BCUT2D eigenvalue weighted by molar-refractivity contribution is 6.76. The Kier molecular flexibility index (Phi) is 10.8. The van der Waals surface area contributed by atoms with Gasteiger partial charge < -0.3 is 24.8 Å². The molecule has 0 spiro atoms. The zero-order valence-corrected chi connectivity index (χ0v) is 24.7. The van der Waals surface area contributed by atoms with Crippen LogP contribution in [0, 0.1) is 5.92 Å². The molecule has 1 fully saturated rings. The number of halogens is 3. The fraction of sp³-hybridized carbons (Fsp3) is 0.400. The second-order valence-corrected chi connectivity index (χ2v) is 12.4. The molecule has 0 bridgehead atoms. The molecule has 1 amide bonds. The summed E-state index contributed by atoms with van der Waals surface area (Å²) in [5, 5.41) is 12.1. The highest BCUT2D eigenvalue weighted by Gasteiger charge is 2.38. The summed E-state index contributed by atoms with van der Waals surface area (Å²) in [6.07, 6.45) is 1.77. The molecule has 1 saturated heterocycles. The van der Waals surface area contributed by atoms with Gasteiger partial charge in [-0.05, 0) is 35.9 Å². The highest BCUT2D eigenvalue weighted by atomic mass is 35.6. The van der Waals surface area contributed by atoms with Gasteiger partial charge in [0.15, 0.2) is 6.29 Å². The average molecular weight is 607 g/mol. The third kappa shape index (κ3) is 8.40. The number of hydrogen-bond donors (Lipinski definition) is 2. The van der Waals surface area contributed by atoms with Gasteiger partial charge in [-0.15, -0.1) is 0 Å². The zero-order chi connectivity index (χ0) is 28.7. The van der Waals surface area contributed by atoms with Gasteiger partial charge in [-0.1, -0.05) is 96.3 Å². The number of likely N-dealkylation sites (N-methyl/N-ethyl adjacent to an activating group) is 1. The predicted octanol–water partition coefficient (Wildman–Crippen LogP) is 5.53. The first-order valence-corrected chi connectivity index (χ1v) is 14.3. The van der Waals surface area contributed by atoms with Crippen LogP contribution in [0.3, 0.4) is 0 Å². The summed E-state index contributed by atoms with van der Waals surface area (Å²) >= 11 is 16.9. The Morgan fingerprint density at radius 1 is 1.00 bits per heavy atom. The summed E-state index contributed by atoms with van der Waals surface area (Å²) < 4.78 is 11.1. The fourth-order valence-electron chi connectivity index (χ4n) is 4.65. The summed E-state index contributed by atoms with van der Waals surface area (Å²) in [6, 6.07) is 21.4. The SMILES string of the molecule is C[C@@H]1[C@H](CN(C)CCc2ccccn2)O[C@H](c2ccc(CNC(=O)C(Cl)(Cl)Cl)cc2)O[C@@H]1c1ccc(CO)cc1. The average Bonchev–Trinajstić information content (AvgIpc) is 2.96. The Labute approximate surface area is 250 Å². The van der Waals surface area contributed by atoms with Crippen LogP contribution in [0.2, 0.25) is 0 Å². The van der Waals surface area contributed by atoms with Crippen LogP contribution in [0.1, 0.15) is 47.3 Å². The molecule has 2 aromatic carbocycles. The molecule has 1 aliphatic rings. The molecular formula is C30H34Cl3N3O4. The summed E-state index contributed by atoms with van der Waals surface area (Å²) in [4.78, 5) is 18.6. The van der Waals surface area contributed by atoms with E-state index in [0.717, 1.165) is 47.5 Å². The Balaban J connectivity index is 1.48. The second-order valence-electron chi connectivity index (χ2n) is 10.1. The third-order valence-corrected chi connectivity index (χ3v) is 7.57. The van der Waals surface area contributed by atoms with Gasteiger partial charge in [0.25, 0.3) is 9.70 Å². The molecule has 2 N–H and O–H groups in total. The van der Waals surface area contributed by atoms with Crippen molar-refractivity contribution < 1.29 is 19.4 Å². The minimum absolute atomic E-state index is 0.00868. The lowest BCUT2D eigenvalue weighted by atomic mass is 9.90. The first-order valence-electron chi connectivity index (χ1n) is 13.2. The van der Waals surface area contributed by atoms with Gasteiger partial charge >= 0.3 is 0 Å². The third-order valence-electron chi connectivity index (χ3n) is 7.05. The molecular weight excluding hydrogens is 573 g/mol. The van der Waals surface area contributed by atoms with Crippen LogP contribution in [0.5, 0.6) is 0 Å². The van der Waals surface area contributed by atoms with E-state index in [2.05, 4.69) is 29.2 Å². The Morgan fingerprint density at radius 2 is 1.68 bits per heavy atom. The van der Waals surface area contributed by atoms with Gasteiger partial charge in [-0.2, -0.15) is 0 Å². The normalized spacial score (nSPS) is 21.4. The lowest BCUT2D eigenvalue weighted by molar-refractivity contribution is -0.275. The summed E-state index contributed by atoms with van der Waals surface area (Å²) in [7, 11) is 2.09. The first kappa shape index (κ1) is 30.7. The van der Waals surface area contributed by atoms with Crippen LogP contribution in [-0.4, -0.2) is 50.9 Å². The number of amides is 1. The zero-order valence-electron chi connectivity index (χ0n) is 22.5. The van der Waals surface area contributed by atoms with Crippen LogP contribution in [0.4, 0.5) is 0 Å². The molecule has 0 radical (unpaired) electrons. The van der Waals surface area contributed by atoms with Crippen molar-refractivity contribution in [1.29, 1.82) is 0 Å². The smallest absolute Gasteiger partial charge is 0.272 e. The van der Waals surface area contributed by atoms with E-state index in [4.69, 9.17) is 44.3 Å². The van der Waals surface area contributed by atoms with E-state index in [1.807, 2.05) is 72.9 Å². The molecule has 0 aliphatic carbocycles. The van der Waals surface area contributed by atoms with Gasteiger partial charge in [0.2, 0.25) is 0 Å². The van der Waals surface area contributed by atoms with Crippen molar-refractivity contribution >= 4 is 40.7 Å². The summed E-state index contributed by atoms with van der Waals surface area (Å²) in [5.41, 5.74) is 4.65. The van der Waals surface area contributed by atoms with Crippen molar-refractivity contribution in [1.82, 2.24) is 15.2 Å². The Morgan fingerprint density at radius 3 is 2.30 bits per heavy atom. The van der Waals surface area contributed by atoms with E-state index >= 15 is 0 Å². The molecule has 7 nitrogen and oxygen atoms in total. The van der Waals surface area contributed by atoms with Gasteiger partial charge in [0.1, 0.15) is 0 Å². The number of aliphatic hydroxyl groups excluding tert-OH is 1. The number of ether oxygens (including phenoxy) is 2. The lowest BCUT2D eigenvalue weighted by Crippen LogP contribution is -2.44. The van der Waals surface area contributed by atoms with Crippen molar-refractivity contribution in [3.05, 3.63) is 101 Å². The lowest BCUT2D eigenvalue weighted by Gasteiger charge is -2.42. The second kappa shape index (κ2) is 14.1. The van der Waals surface area contributed by atoms with Crippen LogP contribution in [-0.2, 0) is 33.8 Å². The molecule has 4 rings (SSSR count). The molecule has 10 heteroatoms. The van der Waals surface area contributed by atoms with Crippen molar-refractivity contribution in [3.8, 4) is 0 Å². The number of benzene rings is 2. The predicted molar refractivity (Wildman–Crippen MR) is 157 cm³/mol. The van der Waals surface area contributed by atoms with Crippen molar-refractivity contribution in [2.24, 2.45) is 5.92 Å². The largest absolute Gasteiger partial charge is 0.392 e. The number of aliphatic hydroxyl groups is 1. The molecule has 0 unspecified atom stereocenters. The maximum atomic E-state index is 11.9. The summed E-state index contributed by atoms with van der Waals surface area (Å²) in [5.74, 6) is -0.607. The molecule has 3 aromatic rings. The van der Waals surface area contributed by atoms with E-state index in [9.17, 15) is 9.90 Å². The van der Waals surface area contributed by atoms with Crippen molar-refractivity contribution in [3.63, 3.8) is 0 Å². The Bertz CT molecular complexity index is 1220. The van der Waals surface area contributed by atoms with E-state index in [1.165, 1.54) is 0 Å². The standard InChI is InChI=1S/C30H34Cl3N3O4/c1-20-26(18-36(2)16-14-25-5-3-4-15-34-25)39-28(40-27(20)23-10-8-22(19-37)9-11-23)24-12-6-21(7-13-24)17-35-29(38)30(31,32)33/h3-13,15,20,26-28,37H,14,16-19H2,1-2H3,(H,35,38)/t20-,26+,27+,28+/m1/s1. The molecule has 4 atom stereocenters. The minimum atomic E-state index is -2.01. The topological polar surface area (TPSA) is 83.9 Å². The molecule has 1 aliphatic heterocycles. The number of carbonyl (C=O) groups is 1. The van der Waals surface area contributed by atoms with Crippen LogP contribution in [0.15, 0.2) is 72.9 Å².